The number of nitro groups is 1. The summed E-state index contributed by atoms with van der Waals surface area (Å²) in [6.07, 6.45) is 4.67. The molecule has 0 bridgehead atoms. The zero-order chi connectivity index (χ0) is 13.8. The van der Waals surface area contributed by atoms with Gasteiger partial charge in [-0.05, 0) is 24.8 Å². The number of hydrogen-bond donors (Lipinski definition) is 1. The molecule has 1 aromatic carbocycles. The molecule has 19 heavy (non-hydrogen) atoms. The van der Waals surface area contributed by atoms with E-state index in [1.165, 1.54) is 31.0 Å². The molecule has 0 spiro atoms. The molecule has 102 valence electrons. The van der Waals surface area contributed by atoms with Gasteiger partial charge in [0.25, 0.3) is 11.6 Å². The van der Waals surface area contributed by atoms with Crippen molar-refractivity contribution in [3.63, 3.8) is 0 Å². The largest absolute Gasteiger partial charge is 0.352 e. The van der Waals surface area contributed by atoms with Crippen LogP contribution in [0.4, 0.5) is 5.69 Å². The Morgan fingerprint density at radius 2 is 2.11 bits per heavy atom. The number of nitrogens with one attached hydrogen (secondary N) is 1. The number of non-ortho nitro benzene ring substituents is 1. The number of carbonyl (C=O) groups is 1. The van der Waals surface area contributed by atoms with Crippen molar-refractivity contribution in [2.24, 2.45) is 5.92 Å². The monoisotopic (exact) mass is 282 g/mol. The quantitative estimate of drug-likeness (QED) is 0.681. The van der Waals surface area contributed by atoms with Crippen LogP contribution in [0.2, 0.25) is 5.02 Å². The van der Waals surface area contributed by atoms with Crippen LogP contribution >= 0.6 is 11.6 Å². The minimum absolute atomic E-state index is 0.129. The molecule has 0 saturated heterocycles. The third kappa shape index (κ3) is 3.44. The fraction of sp³-hybridized carbons (Fsp3) is 0.462. The van der Waals surface area contributed by atoms with E-state index in [1.54, 1.807) is 0 Å². The van der Waals surface area contributed by atoms with Crippen LogP contribution in [0.15, 0.2) is 18.2 Å². The Hall–Kier alpha value is -1.62. The predicted molar refractivity (Wildman–Crippen MR) is 72.4 cm³/mol. The molecule has 1 N–H and O–H groups in total. The second-order valence-electron chi connectivity index (χ2n) is 4.78. The van der Waals surface area contributed by atoms with Crippen molar-refractivity contribution in [3.05, 3.63) is 38.9 Å². The molecule has 1 aromatic rings. The van der Waals surface area contributed by atoms with E-state index in [1.807, 2.05) is 0 Å². The lowest BCUT2D eigenvalue weighted by atomic mass is 10.1. The van der Waals surface area contributed by atoms with E-state index in [2.05, 4.69) is 5.32 Å². The van der Waals surface area contributed by atoms with Crippen LogP contribution in [0.3, 0.4) is 0 Å². The lowest BCUT2D eigenvalue weighted by Crippen LogP contribution is -2.28. The molecule has 0 aromatic heterocycles. The van der Waals surface area contributed by atoms with E-state index in [9.17, 15) is 14.9 Å². The first-order valence-corrected chi connectivity index (χ1v) is 6.68. The third-order valence-electron chi connectivity index (χ3n) is 3.43. The lowest BCUT2D eigenvalue weighted by molar-refractivity contribution is -0.384. The molecule has 2 rings (SSSR count). The average molecular weight is 283 g/mol. The highest BCUT2D eigenvalue weighted by molar-refractivity contribution is 6.33. The van der Waals surface area contributed by atoms with Gasteiger partial charge in [-0.25, -0.2) is 0 Å². The molecule has 1 aliphatic rings. The summed E-state index contributed by atoms with van der Waals surface area (Å²) in [4.78, 5) is 22.1. The highest BCUT2D eigenvalue weighted by Gasteiger charge is 2.19. The highest BCUT2D eigenvalue weighted by Crippen LogP contribution is 2.25. The lowest BCUT2D eigenvalue weighted by Gasteiger charge is -2.11. The van der Waals surface area contributed by atoms with Gasteiger partial charge in [-0.15, -0.1) is 0 Å². The summed E-state index contributed by atoms with van der Waals surface area (Å²) in [5.41, 5.74) is 0.0317. The summed E-state index contributed by atoms with van der Waals surface area (Å²) in [6, 6.07) is 3.88. The molecule has 0 aliphatic heterocycles. The normalized spacial score (nSPS) is 15.4. The van der Waals surface area contributed by atoms with Crippen LogP contribution in [-0.2, 0) is 0 Å². The topological polar surface area (TPSA) is 72.2 Å². The zero-order valence-corrected chi connectivity index (χ0v) is 11.2. The molecular formula is C13H15ClN2O3. The number of benzene rings is 1. The predicted octanol–water partition coefficient (Wildman–Crippen LogP) is 3.17. The Morgan fingerprint density at radius 1 is 1.42 bits per heavy atom. The number of nitro benzene ring substituents is 1. The fourth-order valence-electron chi connectivity index (χ4n) is 2.35. The molecule has 0 radical (unpaired) electrons. The summed E-state index contributed by atoms with van der Waals surface area (Å²) in [5.74, 6) is 0.169. The number of hydrogen-bond acceptors (Lipinski definition) is 3. The number of halogens is 1. The van der Waals surface area contributed by atoms with Crippen LogP contribution in [-0.4, -0.2) is 17.4 Å². The number of carbonyl (C=O) groups excluding carboxylic acids is 1. The van der Waals surface area contributed by atoms with Gasteiger partial charge in [0.2, 0.25) is 0 Å². The van der Waals surface area contributed by atoms with E-state index in [0.717, 1.165) is 12.8 Å². The molecule has 0 atom stereocenters. The Balaban J connectivity index is 2.04. The maximum atomic E-state index is 12.0. The second kappa shape index (κ2) is 6.02. The van der Waals surface area contributed by atoms with Crippen molar-refractivity contribution in [1.82, 2.24) is 5.32 Å². The minimum Gasteiger partial charge on any atom is -0.352 e. The SMILES string of the molecule is O=C(NCC1CCCC1)c1cc([N+](=O)[O-])ccc1Cl. The van der Waals surface area contributed by atoms with Crippen molar-refractivity contribution < 1.29 is 9.72 Å². The van der Waals surface area contributed by atoms with Gasteiger partial charge in [0.05, 0.1) is 15.5 Å². The van der Waals surface area contributed by atoms with Crippen molar-refractivity contribution in [1.29, 1.82) is 0 Å². The maximum absolute atomic E-state index is 12.0. The van der Waals surface area contributed by atoms with Gasteiger partial charge >= 0.3 is 0 Å². The van der Waals surface area contributed by atoms with Crippen LogP contribution in [0.5, 0.6) is 0 Å². The van der Waals surface area contributed by atoms with Crippen LogP contribution in [0.25, 0.3) is 0 Å². The molecule has 1 saturated carbocycles. The summed E-state index contributed by atoms with van der Waals surface area (Å²) in [6.45, 7) is 0.609. The fourth-order valence-corrected chi connectivity index (χ4v) is 2.55. The molecule has 0 heterocycles. The molecule has 6 heteroatoms. The van der Waals surface area contributed by atoms with Crippen LogP contribution < -0.4 is 5.32 Å². The Kier molecular flexibility index (Phi) is 4.37. The molecule has 5 nitrogen and oxygen atoms in total. The van der Waals surface area contributed by atoms with Gasteiger partial charge in [-0.3, -0.25) is 14.9 Å². The Bertz CT molecular complexity index is 499. The number of amides is 1. The highest BCUT2D eigenvalue weighted by atomic mass is 35.5. The molecule has 0 unspecified atom stereocenters. The Morgan fingerprint density at radius 3 is 2.74 bits per heavy atom. The van der Waals surface area contributed by atoms with Gasteiger partial charge in [-0.2, -0.15) is 0 Å². The molecule has 1 fully saturated rings. The second-order valence-corrected chi connectivity index (χ2v) is 5.19. The maximum Gasteiger partial charge on any atom is 0.270 e. The molecule has 1 aliphatic carbocycles. The van der Waals surface area contributed by atoms with Crippen molar-refractivity contribution >= 4 is 23.2 Å². The van der Waals surface area contributed by atoms with E-state index in [0.29, 0.717) is 12.5 Å². The van der Waals surface area contributed by atoms with Crippen LogP contribution in [0, 0.1) is 16.0 Å². The summed E-state index contributed by atoms with van der Waals surface area (Å²) < 4.78 is 0. The standard InChI is InChI=1S/C13H15ClN2O3/c14-12-6-5-10(16(18)19)7-11(12)13(17)15-8-9-3-1-2-4-9/h5-7,9H,1-4,8H2,(H,15,17). The average Bonchev–Trinajstić information content (AvgIpc) is 2.89. The number of nitrogens with zero attached hydrogens (tertiary/aromatic N) is 1. The van der Waals surface area contributed by atoms with Gasteiger partial charge in [0.1, 0.15) is 0 Å². The van der Waals surface area contributed by atoms with Gasteiger partial charge in [0, 0.05) is 18.7 Å². The third-order valence-corrected chi connectivity index (χ3v) is 3.76. The summed E-state index contributed by atoms with van der Waals surface area (Å²) in [7, 11) is 0. The molecular weight excluding hydrogens is 268 g/mol. The van der Waals surface area contributed by atoms with Crippen LogP contribution in [0.1, 0.15) is 36.0 Å². The van der Waals surface area contributed by atoms with E-state index in [-0.39, 0.29) is 22.2 Å². The summed E-state index contributed by atoms with van der Waals surface area (Å²) in [5, 5.41) is 13.7. The van der Waals surface area contributed by atoms with Gasteiger partial charge < -0.3 is 5.32 Å². The van der Waals surface area contributed by atoms with E-state index in [4.69, 9.17) is 11.6 Å². The van der Waals surface area contributed by atoms with E-state index < -0.39 is 4.92 Å². The van der Waals surface area contributed by atoms with Crippen molar-refractivity contribution in [3.8, 4) is 0 Å². The molecule has 1 amide bonds. The summed E-state index contributed by atoms with van der Waals surface area (Å²) >= 11 is 5.91. The first-order valence-electron chi connectivity index (χ1n) is 6.30. The number of rotatable bonds is 4. The van der Waals surface area contributed by atoms with Crippen molar-refractivity contribution in [2.45, 2.75) is 25.7 Å². The smallest absolute Gasteiger partial charge is 0.270 e. The van der Waals surface area contributed by atoms with Crippen molar-refractivity contribution in [2.75, 3.05) is 6.54 Å². The first-order chi connectivity index (χ1) is 9.08. The van der Waals surface area contributed by atoms with E-state index >= 15 is 0 Å². The first kappa shape index (κ1) is 13.8. The zero-order valence-electron chi connectivity index (χ0n) is 10.4. The Labute approximate surface area is 116 Å². The van der Waals surface area contributed by atoms with Gasteiger partial charge in [0.15, 0.2) is 0 Å². The van der Waals surface area contributed by atoms with Gasteiger partial charge in [-0.1, -0.05) is 24.4 Å². The minimum atomic E-state index is -0.538.